The van der Waals surface area contributed by atoms with Gasteiger partial charge in [0.2, 0.25) is 10.0 Å². The number of rotatable bonds is 4. The van der Waals surface area contributed by atoms with Gasteiger partial charge in [-0.25, -0.2) is 17.2 Å². The maximum absolute atomic E-state index is 12.3. The predicted molar refractivity (Wildman–Crippen MR) is 44.0 cm³/mol. The first-order valence-electron chi connectivity index (χ1n) is 3.93. The van der Waals surface area contributed by atoms with Gasteiger partial charge in [0.05, 0.1) is 18.8 Å². The minimum Gasteiger partial charge on any atom is -0.330 e. The summed E-state index contributed by atoms with van der Waals surface area (Å²) in [6, 6.07) is 0. The highest BCUT2D eigenvalue weighted by atomic mass is 32.2. The Labute approximate surface area is 75.7 Å². The van der Waals surface area contributed by atoms with Crippen LogP contribution in [0.15, 0.2) is 0 Å². The molecule has 0 bridgehead atoms. The van der Waals surface area contributed by atoms with Crippen molar-refractivity contribution in [2.24, 2.45) is 5.73 Å². The Balaban J connectivity index is 2.45. The molecule has 1 aliphatic rings. The molecule has 0 spiro atoms. The molecule has 0 amide bonds. The Kier molecular flexibility index (Phi) is 2.88. The van der Waals surface area contributed by atoms with Crippen LogP contribution >= 0.6 is 0 Å². The molecule has 0 aliphatic carbocycles. The first-order valence-corrected chi connectivity index (χ1v) is 5.54. The van der Waals surface area contributed by atoms with Crippen LogP contribution in [0.1, 0.15) is 6.42 Å². The SMILES string of the molecule is NCCCS(=O)(=O)N1CC(F)(F)C1. The van der Waals surface area contributed by atoms with Crippen LogP contribution in [0, 0.1) is 0 Å². The van der Waals surface area contributed by atoms with Crippen molar-refractivity contribution in [3.8, 4) is 0 Å². The van der Waals surface area contributed by atoms with Crippen molar-refractivity contribution in [2.45, 2.75) is 12.3 Å². The van der Waals surface area contributed by atoms with Crippen molar-refractivity contribution in [3.05, 3.63) is 0 Å². The zero-order chi connectivity index (χ0) is 10.1. The lowest BCUT2D eigenvalue weighted by Gasteiger charge is -2.37. The molecule has 0 saturated carbocycles. The number of alkyl halides is 2. The summed E-state index contributed by atoms with van der Waals surface area (Å²) >= 11 is 0. The van der Waals surface area contributed by atoms with Gasteiger partial charge in [0.1, 0.15) is 0 Å². The van der Waals surface area contributed by atoms with E-state index in [9.17, 15) is 17.2 Å². The van der Waals surface area contributed by atoms with Crippen molar-refractivity contribution >= 4 is 10.0 Å². The molecule has 1 rings (SSSR count). The molecule has 0 aromatic rings. The van der Waals surface area contributed by atoms with Crippen LogP contribution in [0.2, 0.25) is 0 Å². The normalized spacial score (nSPS) is 22.7. The molecule has 13 heavy (non-hydrogen) atoms. The summed E-state index contributed by atoms with van der Waals surface area (Å²) in [6.07, 6.45) is 0.310. The van der Waals surface area contributed by atoms with E-state index in [0.29, 0.717) is 6.42 Å². The molecule has 0 radical (unpaired) electrons. The van der Waals surface area contributed by atoms with Crippen LogP contribution in [-0.4, -0.2) is 44.0 Å². The van der Waals surface area contributed by atoms with E-state index in [2.05, 4.69) is 0 Å². The molecule has 0 aromatic carbocycles. The first-order chi connectivity index (χ1) is 5.87. The summed E-state index contributed by atoms with van der Waals surface area (Å²) in [5.74, 6) is -2.98. The summed E-state index contributed by atoms with van der Waals surface area (Å²) in [5, 5.41) is 0. The number of nitrogens with two attached hydrogens (primary N) is 1. The van der Waals surface area contributed by atoms with Crippen molar-refractivity contribution in [3.63, 3.8) is 0 Å². The van der Waals surface area contributed by atoms with Crippen LogP contribution in [0.4, 0.5) is 8.78 Å². The van der Waals surface area contributed by atoms with Crippen LogP contribution in [-0.2, 0) is 10.0 Å². The Morgan fingerprint density at radius 3 is 2.31 bits per heavy atom. The van der Waals surface area contributed by atoms with E-state index in [1.54, 1.807) is 0 Å². The summed E-state index contributed by atoms with van der Waals surface area (Å²) in [7, 11) is -3.48. The molecule has 2 N–H and O–H groups in total. The van der Waals surface area contributed by atoms with E-state index >= 15 is 0 Å². The monoisotopic (exact) mass is 214 g/mol. The molecule has 1 heterocycles. The maximum Gasteiger partial charge on any atom is 0.275 e. The number of nitrogens with zero attached hydrogens (tertiary/aromatic N) is 1. The van der Waals surface area contributed by atoms with E-state index in [1.165, 1.54) is 0 Å². The summed E-state index contributed by atoms with van der Waals surface area (Å²) in [5.41, 5.74) is 5.12. The highest BCUT2D eigenvalue weighted by molar-refractivity contribution is 7.89. The van der Waals surface area contributed by atoms with Crippen LogP contribution < -0.4 is 5.73 Å². The predicted octanol–water partition coefficient (Wildman–Crippen LogP) is -0.384. The van der Waals surface area contributed by atoms with Crippen LogP contribution in [0.25, 0.3) is 0 Å². The standard InChI is InChI=1S/C6H12F2N2O2S/c7-6(8)4-10(5-6)13(11,12)3-1-2-9/h1-5,9H2. The number of sulfonamides is 1. The van der Waals surface area contributed by atoms with Gasteiger partial charge in [-0.15, -0.1) is 0 Å². The van der Waals surface area contributed by atoms with Gasteiger partial charge in [0.15, 0.2) is 0 Å². The average Bonchev–Trinajstić information content (AvgIpc) is 1.96. The van der Waals surface area contributed by atoms with Crippen molar-refractivity contribution in [1.29, 1.82) is 0 Å². The van der Waals surface area contributed by atoms with E-state index in [4.69, 9.17) is 5.73 Å². The lowest BCUT2D eigenvalue weighted by atomic mass is 10.2. The molecule has 0 atom stereocenters. The Morgan fingerprint density at radius 1 is 1.38 bits per heavy atom. The molecule has 7 heteroatoms. The summed E-state index contributed by atoms with van der Waals surface area (Å²) in [6.45, 7) is -1.11. The summed E-state index contributed by atoms with van der Waals surface area (Å²) in [4.78, 5) is 0. The van der Waals surface area contributed by atoms with E-state index in [-0.39, 0.29) is 12.3 Å². The first kappa shape index (κ1) is 10.8. The van der Waals surface area contributed by atoms with Crippen molar-refractivity contribution < 1.29 is 17.2 Å². The second-order valence-corrected chi connectivity index (χ2v) is 5.17. The molecule has 0 aromatic heterocycles. The average molecular weight is 214 g/mol. The molecular formula is C6H12F2N2O2S. The third kappa shape index (κ3) is 2.58. The fourth-order valence-corrected chi connectivity index (χ4v) is 2.62. The third-order valence-electron chi connectivity index (χ3n) is 1.82. The second kappa shape index (κ2) is 3.47. The number of halogens is 2. The molecule has 1 aliphatic heterocycles. The minimum atomic E-state index is -3.48. The fourth-order valence-electron chi connectivity index (χ4n) is 1.06. The third-order valence-corrected chi connectivity index (χ3v) is 3.66. The highest BCUT2D eigenvalue weighted by Crippen LogP contribution is 2.29. The van der Waals surface area contributed by atoms with Gasteiger partial charge in [-0.05, 0) is 13.0 Å². The minimum absolute atomic E-state index is 0.139. The van der Waals surface area contributed by atoms with Gasteiger partial charge in [-0.1, -0.05) is 0 Å². The highest BCUT2D eigenvalue weighted by Gasteiger charge is 2.48. The van der Waals surface area contributed by atoms with Crippen molar-refractivity contribution in [1.82, 2.24) is 4.31 Å². The lowest BCUT2D eigenvalue weighted by molar-refractivity contribution is -0.0945. The van der Waals surface area contributed by atoms with E-state index < -0.39 is 29.0 Å². The smallest absolute Gasteiger partial charge is 0.275 e. The zero-order valence-corrected chi connectivity index (χ0v) is 7.86. The number of hydrogen-bond acceptors (Lipinski definition) is 3. The molecule has 4 nitrogen and oxygen atoms in total. The largest absolute Gasteiger partial charge is 0.330 e. The molecule has 0 unspecified atom stereocenters. The van der Waals surface area contributed by atoms with Gasteiger partial charge in [-0.2, -0.15) is 4.31 Å². The summed E-state index contributed by atoms with van der Waals surface area (Å²) < 4.78 is 47.8. The number of hydrogen-bond donors (Lipinski definition) is 1. The second-order valence-electron chi connectivity index (χ2n) is 3.08. The maximum atomic E-state index is 12.3. The van der Waals surface area contributed by atoms with Gasteiger partial charge < -0.3 is 5.73 Å². The van der Waals surface area contributed by atoms with E-state index in [1.807, 2.05) is 0 Å². The van der Waals surface area contributed by atoms with E-state index in [0.717, 1.165) is 4.31 Å². The molecule has 78 valence electrons. The molecule has 1 fully saturated rings. The zero-order valence-electron chi connectivity index (χ0n) is 7.04. The van der Waals surface area contributed by atoms with Gasteiger partial charge in [0.25, 0.3) is 5.92 Å². The lowest BCUT2D eigenvalue weighted by Crippen LogP contribution is -2.58. The molecular weight excluding hydrogens is 202 g/mol. The fraction of sp³-hybridized carbons (Fsp3) is 1.00. The quantitative estimate of drug-likeness (QED) is 0.693. The van der Waals surface area contributed by atoms with Crippen LogP contribution in [0.5, 0.6) is 0 Å². The van der Waals surface area contributed by atoms with Crippen molar-refractivity contribution in [2.75, 3.05) is 25.4 Å². The Morgan fingerprint density at radius 2 is 1.92 bits per heavy atom. The Hall–Kier alpha value is -0.270. The Bertz CT molecular complexity index is 270. The van der Waals surface area contributed by atoms with Crippen LogP contribution in [0.3, 0.4) is 0 Å². The van der Waals surface area contributed by atoms with Gasteiger partial charge >= 0.3 is 0 Å². The topological polar surface area (TPSA) is 63.4 Å². The molecule has 1 saturated heterocycles. The van der Waals surface area contributed by atoms with Gasteiger partial charge in [-0.3, -0.25) is 0 Å². The van der Waals surface area contributed by atoms with Gasteiger partial charge in [0, 0.05) is 0 Å².